The molecule has 12 nitrogen and oxygen atoms in total. The molecule has 49 heavy (non-hydrogen) atoms. The van der Waals surface area contributed by atoms with Gasteiger partial charge < -0.3 is 34.1 Å². The van der Waals surface area contributed by atoms with Gasteiger partial charge in [0.15, 0.2) is 12.2 Å². The summed E-state index contributed by atoms with van der Waals surface area (Å²) in [5.41, 5.74) is 1.50. The molecule has 1 amide bonds. The smallest absolute Gasteiger partial charge is 0.347 e. The highest BCUT2D eigenvalue weighted by atomic mass is 16.6. The van der Waals surface area contributed by atoms with E-state index in [1.807, 2.05) is 56.3 Å². The van der Waals surface area contributed by atoms with Crippen LogP contribution < -0.4 is 10.2 Å². The molecule has 2 heterocycles. The predicted molar refractivity (Wildman–Crippen MR) is 183 cm³/mol. The fourth-order valence-corrected chi connectivity index (χ4v) is 5.71. The quantitative estimate of drug-likeness (QED) is 0.182. The molecule has 1 aromatic heterocycles. The number of amides is 1. The summed E-state index contributed by atoms with van der Waals surface area (Å²) in [6.07, 6.45) is 3.45. The average molecular weight is 681 g/mol. The molecule has 0 spiro atoms. The summed E-state index contributed by atoms with van der Waals surface area (Å²) in [6, 6.07) is 11.3. The third-order valence-corrected chi connectivity index (χ3v) is 8.92. The Hall–Kier alpha value is -4.03. The molecule has 0 unspecified atom stereocenters. The number of carbonyl (C=O) groups excluding carboxylic acids is 4. The second-order valence-corrected chi connectivity index (χ2v) is 13.4. The Morgan fingerprint density at radius 3 is 2.29 bits per heavy atom. The van der Waals surface area contributed by atoms with E-state index < -0.39 is 48.1 Å². The van der Waals surface area contributed by atoms with Gasteiger partial charge in [-0.05, 0) is 62.3 Å². The Labute approximate surface area is 289 Å². The first kappa shape index (κ1) is 37.8. The number of likely N-dealkylation sites (N-methyl/N-ethyl adjacent to an activating group) is 2. The summed E-state index contributed by atoms with van der Waals surface area (Å²) in [5.74, 6) is -1.08. The van der Waals surface area contributed by atoms with Gasteiger partial charge in [0.05, 0.1) is 13.2 Å². The summed E-state index contributed by atoms with van der Waals surface area (Å²) in [6.45, 7) is 8.06. The number of hydrogen-bond acceptors (Lipinski definition) is 11. The summed E-state index contributed by atoms with van der Waals surface area (Å²) in [4.78, 5) is 61.9. The minimum atomic E-state index is -1.22. The fraction of sp³-hybridized carbons (Fsp3) is 0.595. The summed E-state index contributed by atoms with van der Waals surface area (Å²) >= 11 is 0. The van der Waals surface area contributed by atoms with Crippen molar-refractivity contribution >= 4 is 29.6 Å². The summed E-state index contributed by atoms with van der Waals surface area (Å²) in [7, 11) is 3.20. The highest BCUT2D eigenvalue weighted by Crippen LogP contribution is 2.34. The second-order valence-electron chi connectivity index (χ2n) is 13.4. The van der Waals surface area contributed by atoms with E-state index in [0.29, 0.717) is 31.1 Å². The number of nitrogens with zero attached hydrogens (tertiary/aromatic N) is 3. The molecule has 1 saturated carbocycles. The summed E-state index contributed by atoms with van der Waals surface area (Å²) in [5, 5.41) is 3.04. The zero-order valence-electron chi connectivity index (χ0n) is 29.5. The van der Waals surface area contributed by atoms with Gasteiger partial charge in [0.2, 0.25) is 0 Å². The summed E-state index contributed by atoms with van der Waals surface area (Å²) < 4.78 is 22.3. The molecule has 2 aliphatic rings. The molecule has 1 aliphatic carbocycles. The molecule has 4 rings (SSSR count). The van der Waals surface area contributed by atoms with Crippen LogP contribution in [0.2, 0.25) is 0 Å². The van der Waals surface area contributed by atoms with Gasteiger partial charge in [-0.3, -0.25) is 9.59 Å². The van der Waals surface area contributed by atoms with Gasteiger partial charge in [0.25, 0.3) is 5.91 Å². The van der Waals surface area contributed by atoms with Crippen molar-refractivity contribution in [3.63, 3.8) is 0 Å². The number of benzene rings is 1. The number of hydrogen-bond donors (Lipinski definition) is 1. The first-order valence-electron chi connectivity index (χ1n) is 17.4. The monoisotopic (exact) mass is 680 g/mol. The Morgan fingerprint density at radius 1 is 0.959 bits per heavy atom. The molecule has 0 bridgehead atoms. The van der Waals surface area contributed by atoms with Crippen LogP contribution in [0.5, 0.6) is 0 Å². The molecule has 2 fully saturated rings. The molecular formula is C37H52N4O8. The number of ether oxygens (including phenoxy) is 4. The first-order valence-corrected chi connectivity index (χ1v) is 17.4. The van der Waals surface area contributed by atoms with Crippen molar-refractivity contribution in [1.82, 2.24) is 15.2 Å². The van der Waals surface area contributed by atoms with Crippen LogP contribution in [0.3, 0.4) is 0 Å². The molecule has 0 radical (unpaired) electrons. The Morgan fingerprint density at radius 2 is 1.67 bits per heavy atom. The van der Waals surface area contributed by atoms with E-state index in [1.54, 1.807) is 13.2 Å². The van der Waals surface area contributed by atoms with Crippen LogP contribution in [0.15, 0.2) is 48.7 Å². The topological polar surface area (TPSA) is 137 Å². The van der Waals surface area contributed by atoms with Gasteiger partial charge in [-0.1, -0.05) is 63.1 Å². The van der Waals surface area contributed by atoms with Crippen LogP contribution >= 0.6 is 0 Å². The van der Waals surface area contributed by atoms with Gasteiger partial charge in [-0.25, -0.2) is 14.6 Å². The predicted octanol–water partition coefficient (Wildman–Crippen LogP) is 3.70. The number of anilines is 1. The molecule has 4 atom stereocenters. The van der Waals surface area contributed by atoms with Crippen LogP contribution in [-0.2, 0) is 51.2 Å². The van der Waals surface area contributed by atoms with Crippen molar-refractivity contribution in [1.29, 1.82) is 0 Å². The van der Waals surface area contributed by atoms with Crippen molar-refractivity contribution in [3.05, 3.63) is 59.8 Å². The Kier molecular flexibility index (Phi) is 14.4. The van der Waals surface area contributed by atoms with Gasteiger partial charge >= 0.3 is 17.9 Å². The van der Waals surface area contributed by atoms with E-state index in [2.05, 4.69) is 15.2 Å². The lowest BCUT2D eigenvalue weighted by atomic mass is 10.0. The van der Waals surface area contributed by atoms with Crippen molar-refractivity contribution in [2.24, 2.45) is 11.8 Å². The van der Waals surface area contributed by atoms with Crippen LogP contribution in [0, 0.1) is 11.8 Å². The second kappa shape index (κ2) is 18.7. The SMILES string of the molecule is CN[C@@H](CCC1CC1)C(=O)O[C@H](Cc1ccc(N2CCOCC2)nc1)C(=O)N(C)[C@@H](CC(C)C)C(=O)O[C@H](C)C(=O)OCc1ccccc1. The molecule has 1 aromatic carbocycles. The highest BCUT2D eigenvalue weighted by Gasteiger charge is 2.37. The number of pyridine rings is 1. The van der Waals surface area contributed by atoms with Crippen LogP contribution in [-0.4, -0.2) is 98.4 Å². The lowest BCUT2D eigenvalue weighted by Gasteiger charge is -2.32. The van der Waals surface area contributed by atoms with Crippen molar-refractivity contribution in [3.8, 4) is 0 Å². The van der Waals surface area contributed by atoms with Crippen LogP contribution in [0.1, 0.15) is 64.0 Å². The number of carbonyl (C=O) groups is 4. The van der Waals surface area contributed by atoms with Gasteiger partial charge in [0.1, 0.15) is 24.5 Å². The lowest BCUT2D eigenvalue weighted by Crippen LogP contribution is -2.51. The van der Waals surface area contributed by atoms with E-state index in [1.165, 1.54) is 31.7 Å². The first-order chi connectivity index (χ1) is 23.5. The van der Waals surface area contributed by atoms with Crippen molar-refractivity contribution in [2.45, 2.75) is 90.2 Å². The molecule has 1 saturated heterocycles. The third kappa shape index (κ3) is 11.8. The normalized spacial score (nSPS) is 17.1. The van der Waals surface area contributed by atoms with E-state index >= 15 is 0 Å². The third-order valence-electron chi connectivity index (χ3n) is 8.92. The molecule has 2 aromatic rings. The average Bonchev–Trinajstić information content (AvgIpc) is 3.94. The number of morpholine rings is 1. The minimum absolute atomic E-state index is 0.00201. The van der Waals surface area contributed by atoms with Crippen LogP contribution in [0.25, 0.3) is 0 Å². The maximum Gasteiger partial charge on any atom is 0.347 e. The zero-order valence-corrected chi connectivity index (χ0v) is 29.5. The number of nitrogens with one attached hydrogen (secondary N) is 1. The van der Waals surface area contributed by atoms with E-state index in [-0.39, 0.29) is 25.4 Å². The lowest BCUT2D eigenvalue weighted by molar-refractivity contribution is -0.174. The van der Waals surface area contributed by atoms with Crippen molar-refractivity contribution in [2.75, 3.05) is 45.3 Å². The van der Waals surface area contributed by atoms with E-state index in [9.17, 15) is 19.2 Å². The Bertz CT molecular complexity index is 1360. The number of aromatic nitrogens is 1. The molecule has 1 aliphatic heterocycles. The van der Waals surface area contributed by atoms with Gasteiger partial charge in [-0.15, -0.1) is 0 Å². The van der Waals surface area contributed by atoms with E-state index in [4.69, 9.17) is 18.9 Å². The van der Waals surface area contributed by atoms with Gasteiger partial charge in [-0.2, -0.15) is 0 Å². The van der Waals surface area contributed by atoms with Crippen LogP contribution in [0.4, 0.5) is 5.82 Å². The number of rotatable bonds is 18. The molecular weight excluding hydrogens is 628 g/mol. The highest BCUT2D eigenvalue weighted by molar-refractivity contribution is 5.90. The molecule has 268 valence electrons. The number of esters is 3. The molecule has 1 N–H and O–H groups in total. The van der Waals surface area contributed by atoms with Gasteiger partial charge in [0, 0.05) is 32.8 Å². The van der Waals surface area contributed by atoms with Crippen molar-refractivity contribution < 1.29 is 38.1 Å². The maximum absolute atomic E-state index is 14.2. The fourth-order valence-electron chi connectivity index (χ4n) is 5.71. The Balaban J connectivity index is 1.47. The maximum atomic E-state index is 14.2. The largest absolute Gasteiger partial charge is 0.458 e. The zero-order chi connectivity index (χ0) is 35.3. The minimum Gasteiger partial charge on any atom is -0.458 e. The molecule has 12 heteroatoms. The standard InChI is InChI=1S/C37H52N4O8/c1-25(2)21-31(37(45)48-26(3)35(43)47-24-28-9-7-6-8-10-28)40(5)34(42)32(49-36(44)30(38-4)15-13-27-11-12-27)22-29-14-16-33(39-23-29)41-17-19-46-20-18-41/h6-10,14,16,23,25-27,30-32,38H,11-13,15,17-22,24H2,1-5H3/t26-,30+,31+,32-/m1/s1. The van der Waals surface area contributed by atoms with E-state index in [0.717, 1.165) is 30.9 Å².